The molecular weight excluding hydrogens is 364 g/mol. The molecule has 0 N–H and O–H groups in total. The Morgan fingerprint density at radius 1 is 1.05 bits per heavy atom. The van der Waals surface area contributed by atoms with Gasteiger partial charge in [-0.25, -0.2) is 0 Å². The van der Waals surface area contributed by atoms with E-state index < -0.39 is 6.93 Å². The summed E-state index contributed by atoms with van der Waals surface area (Å²) in [6.07, 6.45) is 0. The Hall–Kier alpha value is -0.0477. The fourth-order valence-corrected chi connectivity index (χ4v) is 0.893. The van der Waals surface area contributed by atoms with Gasteiger partial charge in [-0.2, -0.15) is 30.3 Å². The van der Waals surface area contributed by atoms with E-state index in [1.54, 1.807) is 24.3 Å². The van der Waals surface area contributed by atoms with E-state index in [4.69, 9.17) is 11.6 Å². The minimum absolute atomic E-state index is 0. The average Bonchev–Trinajstić information content (AvgIpc) is 2.29. The first-order valence-electron chi connectivity index (χ1n) is 5.37. The SMILES string of the molecule is CN(C)CCN(C)C.Clc1cc[c-]cc1.F[CH-]F.[Pd+2]. The second kappa shape index (κ2) is 18.0. The summed E-state index contributed by atoms with van der Waals surface area (Å²) in [4.78, 5) is 4.36. The maximum Gasteiger partial charge on any atom is 2.00 e. The zero-order chi connectivity index (χ0) is 14.4. The molecular formula is C13H21ClF2N2Pd. The van der Waals surface area contributed by atoms with Crippen molar-refractivity contribution in [2.24, 2.45) is 0 Å². The normalized spacial score (nSPS) is 8.89. The van der Waals surface area contributed by atoms with Gasteiger partial charge >= 0.3 is 20.4 Å². The van der Waals surface area contributed by atoms with E-state index >= 15 is 0 Å². The largest absolute Gasteiger partial charge is 2.00 e. The number of hydrogen-bond acceptors (Lipinski definition) is 2. The topological polar surface area (TPSA) is 6.48 Å². The molecule has 19 heavy (non-hydrogen) atoms. The van der Waals surface area contributed by atoms with E-state index in [0.717, 1.165) is 18.1 Å². The van der Waals surface area contributed by atoms with Crippen LogP contribution in [0.2, 0.25) is 5.02 Å². The third-order valence-electron chi connectivity index (χ3n) is 1.67. The van der Waals surface area contributed by atoms with Gasteiger partial charge in [0.15, 0.2) is 0 Å². The number of likely N-dealkylation sites (N-methyl/N-ethyl adjacent to an activating group) is 2. The average molecular weight is 385 g/mol. The third kappa shape index (κ3) is 27.2. The van der Waals surface area contributed by atoms with Gasteiger partial charge in [0.25, 0.3) is 0 Å². The van der Waals surface area contributed by atoms with Gasteiger partial charge in [-0.1, -0.05) is 5.02 Å². The molecule has 0 bridgehead atoms. The van der Waals surface area contributed by atoms with Gasteiger partial charge in [-0.15, -0.1) is 11.6 Å². The van der Waals surface area contributed by atoms with Crippen LogP contribution >= 0.6 is 11.6 Å². The Balaban J connectivity index is -0.000000215. The van der Waals surface area contributed by atoms with Crippen molar-refractivity contribution >= 4 is 11.6 Å². The van der Waals surface area contributed by atoms with E-state index in [1.807, 2.05) is 0 Å². The van der Waals surface area contributed by atoms with Crippen molar-refractivity contribution in [3.05, 3.63) is 42.3 Å². The Kier molecular flexibility index (Phi) is 22.7. The molecule has 0 spiro atoms. The molecule has 0 unspecified atom stereocenters. The predicted octanol–water partition coefficient (Wildman–Crippen LogP) is 3.29. The second-order valence-corrected chi connectivity index (χ2v) is 4.34. The molecule has 1 aromatic carbocycles. The number of benzene rings is 1. The van der Waals surface area contributed by atoms with Crippen LogP contribution in [0.25, 0.3) is 0 Å². The molecule has 0 aliphatic rings. The second-order valence-electron chi connectivity index (χ2n) is 3.91. The van der Waals surface area contributed by atoms with Crippen molar-refractivity contribution in [2.75, 3.05) is 41.3 Å². The predicted molar refractivity (Wildman–Crippen MR) is 73.9 cm³/mol. The first kappa shape index (κ1) is 24.0. The molecule has 0 radical (unpaired) electrons. The summed E-state index contributed by atoms with van der Waals surface area (Å²) in [5, 5.41) is 0.763. The molecule has 2 nitrogen and oxygen atoms in total. The van der Waals surface area contributed by atoms with Crippen molar-refractivity contribution < 1.29 is 29.2 Å². The molecule has 0 fully saturated rings. The van der Waals surface area contributed by atoms with Gasteiger partial charge in [-0.05, 0) is 35.1 Å². The molecule has 1 rings (SSSR count). The van der Waals surface area contributed by atoms with E-state index in [9.17, 15) is 8.78 Å². The fraction of sp³-hybridized carbons (Fsp3) is 0.462. The van der Waals surface area contributed by atoms with Crippen molar-refractivity contribution in [1.82, 2.24) is 9.80 Å². The summed E-state index contributed by atoms with van der Waals surface area (Å²) in [5.74, 6) is 0. The maximum atomic E-state index is 9.50. The zero-order valence-corrected chi connectivity index (χ0v) is 14.0. The molecule has 1 aromatic rings. The summed E-state index contributed by atoms with van der Waals surface area (Å²) in [5.41, 5.74) is 0. The monoisotopic (exact) mass is 384 g/mol. The van der Waals surface area contributed by atoms with Crippen LogP contribution in [-0.2, 0) is 20.4 Å². The molecule has 114 valence electrons. The molecule has 6 heteroatoms. The van der Waals surface area contributed by atoms with Crippen LogP contribution in [0.5, 0.6) is 0 Å². The number of hydrogen-bond donors (Lipinski definition) is 0. The van der Waals surface area contributed by atoms with Crippen LogP contribution < -0.4 is 0 Å². The Morgan fingerprint density at radius 2 is 1.37 bits per heavy atom. The Labute approximate surface area is 134 Å². The molecule has 0 atom stereocenters. The van der Waals surface area contributed by atoms with Gasteiger partial charge in [0.1, 0.15) is 0 Å². The third-order valence-corrected chi connectivity index (χ3v) is 1.92. The summed E-state index contributed by atoms with van der Waals surface area (Å²) in [6, 6.07) is 10.00. The molecule has 0 aliphatic heterocycles. The molecule has 0 aromatic heterocycles. The van der Waals surface area contributed by atoms with Crippen LogP contribution in [0.15, 0.2) is 24.3 Å². The van der Waals surface area contributed by atoms with Crippen LogP contribution in [0, 0.1) is 13.0 Å². The van der Waals surface area contributed by atoms with Crippen LogP contribution in [0.1, 0.15) is 0 Å². The first-order chi connectivity index (χ1) is 8.43. The van der Waals surface area contributed by atoms with Crippen molar-refractivity contribution in [3.63, 3.8) is 0 Å². The van der Waals surface area contributed by atoms with Gasteiger partial charge in [-0.3, -0.25) is 0 Å². The Morgan fingerprint density at radius 3 is 1.53 bits per heavy atom. The zero-order valence-electron chi connectivity index (χ0n) is 11.6. The van der Waals surface area contributed by atoms with Gasteiger partial charge < -0.3 is 18.6 Å². The summed E-state index contributed by atoms with van der Waals surface area (Å²) in [7, 11) is 8.35. The van der Waals surface area contributed by atoms with E-state index in [2.05, 4.69) is 44.1 Å². The van der Waals surface area contributed by atoms with Crippen LogP contribution in [-0.4, -0.2) is 51.1 Å². The summed E-state index contributed by atoms with van der Waals surface area (Å²) >= 11 is 5.52. The van der Waals surface area contributed by atoms with Crippen LogP contribution in [0.3, 0.4) is 0 Å². The van der Waals surface area contributed by atoms with E-state index in [0.29, 0.717) is 0 Å². The Bertz CT molecular complexity index is 254. The maximum absolute atomic E-state index is 9.50. The van der Waals surface area contributed by atoms with Crippen molar-refractivity contribution in [2.45, 2.75) is 0 Å². The van der Waals surface area contributed by atoms with E-state index in [1.165, 1.54) is 0 Å². The molecule has 0 amide bonds. The van der Waals surface area contributed by atoms with Crippen molar-refractivity contribution in [1.29, 1.82) is 0 Å². The molecule has 0 aliphatic carbocycles. The van der Waals surface area contributed by atoms with Gasteiger partial charge in [0.2, 0.25) is 0 Å². The molecule has 0 saturated carbocycles. The minimum Gasteiger partial charge on any atom is -0.425 e. The quantitative estimate of drug-likeness (QED) is 0.582. The van der Waals surface area contributed by atoms with E-state index in [-0.39, 0.29) is 20.4 Å². The fourth-order valence-electron chi connectivity index (χ4n) is 0.767. The van der Waals surface area contributed by atoms with Crippen LogP contribution in [0.4, 0.5) is 8.78 Å². The van der Waals surface area contributed by atoms with Crippen molar-refractivity contribution in [3.8, 4) is 0 Å². The van der Waals surface area contributed by atoms with Gasteiger partial charge in [0.05, 0.1) is 0 Å². The first-order valence-corrected chi connectivity index (χ1v) is 5.75. The number of nitrogens with zero attached hydrogens (tertiary/aromatic N) is 2. The summed E-state index contributed by atoms with van der Waals surface area (Å²) < 4.78 is 19.0. The van der Waals surface area contributed by atoms with Gasteiger partial charge in [0, 0.05) is 13.1 Å². The number of rotatable bonds is 3. The molecule has 0 heterocycles. The standard InChI is InChI=1S/C6H4Cl.C6H16N2.CHF2.Pd/c7-6-4-2-1-3-5-6;1-7(2)5-6-8(3)4;2-1-3;/h2-5H;5-6H2,1-4H3;1H;/q-1;;-1;+2. The number of halogens is 3. The smallest absolute Gasteiger partial charge is 0.425 e. The minimum atomic E-state index is -1.00. The summed E-state index contributed by atoms with van der Waals surface area (Å²) in [6.45, 7) is 1.29. The molecule has 0 saturated heterocycles.